The first-order valence-corrected chi connectivity index (χ1v) is 7.75. The lowest BCUT2D eigenvalue weighted by Gasteiger charge is -2.44. The normalized spacial score (nSPS) is 23.4. The molecule has 0 radical (unpaired) electrons. The highest BCUT2D eigenvalue weighted by atomic mass is 127. The van der Waals surface area contributed by atoms with Crippen LogP contribution in [0.2, 0.25) is 0 Å². The van der Waals surface area contributed by atoms with Crippen molar-refractivity contribution in [2.45, 2.75) is 52.4 Å². The van der Waals surface area contributed by atoms with Gasteiger partial charge in [0.15, 0.2) is 5.96 Å². The summed E-state index contributed by atoms with van der Waals surface area (Å²) in [6, 6.07) is 0. The number of hydrogen-bond donors (Lipinski definition) is 2. The van der Waals surface area contributed by atoms with E-state index in [0.29, 0.717) is 13.1 Å². The van der Waals surface area contributed by atoms with E-state index in [1.54, 1.807) is 0 Å². The van der Waals surface area contributed by atoms with E-state index in [2.05, 4.69) is 54.1 Å². The van der Waals surface area contributed by atoms with E-state index < -0.39 is 0 Å². The van der Waals surface area contributed by atoms with Crippen LogP contribution < -0.4 is 10.6 Å². The topological polar surface area (TPSA) is 48.9 Å². The number of hydrogen-bond acceptors (Lipinski definition) is 3. The third-order valence-corrected chi connectivity index (χ3v) is 3.60. The number of ether oxygens (including phenoxy) is 1. The first kappa shape index (κ1) is 21.5. The Bertz CT molecular complexity index is 382. The SMILES string of the molecule is C#CCNC(=NCC(C)(C)N1CC(C)OC(C)C1)NCC.I. The molecule has 0 aliphatic carbocycles. The Labute approximate surface area is 152 Å². The summed E-state index contributed by atoms with van der Waals surface area (Å²) < 4.78 is 5.80. The summed E-state index contributed by atoms with van der Waals surface area (Å²) in [5.41, 5.74) is -0.00913. The van der Waals surface area contributed by atoms with Crippen molar-refractivity contribution in [3.63, 3.8) is 0 Å². The minimum absolute atomic E-state index is 0. The van der Waals surface area contributed by atoms with Crippen molar-refractivity contribution < 1.29 is 4.74 Å². The van der Waals surface area contributed by atoms with Crippen LogP contribution in [0.1, 0.15) is 34.6 Å². The summed E-state index contributed by atoms with van der Waals surface area (Å²) in [5, 5.41) is 6.33. The zero-order valence-electron chi connectivity index (χ0n) is 14.5. The molecule has 2 N–H and O–H groups in total. The molecule has 0 bridgehead atoms. The molecule has 1 rings (SSSR count). The van der Waals surface area contributed by atoms with Gasteiger partial charge in [0.05, 0.1) is 25.3 Å². The van der Waals surface area contributed by atoms with Gasteiger partial charge in [-0.05, 0) is 34.6 Å². The molecule has 128 valence electrons. The van der Waals surface area contributed by atoms with Gasteiger partial charge < -0.3 is 15.4 Å². The summed E-state index contributed by atoms with van der Waals surface area (Å²) in [4.78, 5) is 7.12. The van der Waals surface area contributed by atoms with Gasteiger partial charge in [-0.25, -0.2) is 0 Å². The predicted molar refractivity (Wildman–Crippen MR) is 104 cm³/mol. The molecule has 22 heavy (non-hydrogen) atoms. The lowest BCUT2D eigenvalue weighted by atomic mass is 10.0. The van der Waals surface area contributed by atoms with E-state index in [4.69, 9.17) is 11.2 Å². The number of aliphatic imine (C=N–C) groups is 1. The fraction of sp³-hybridized carbons (Fsp3) is 0.812. The Kier molecular flexibility index (Phi) is 10.0. The predicted octanol–water partition coefficient (Wildman–Crippen LogP) is 1.68. The van der Waals surface area contributed by atoms with Crippen LogP contribution in [0, 0.1) is 12.3 Å². The van der Waals surface area contributed by atoms with Crippen molar-refractivity contribution in [1.29, 1.82) is 0 Å². The summed E-state index contributed by atoms with van der Waals surface area (Å²) in [6.45, 7) is 14.7. The molecule has 0 aromatic rings. The first-order valence-electron chi connectivity index (χ1n) is 7.75. The maximum absolute atomic E-state index is 5.80. The molecule has 0 saturated carbocycles. The van der Waals surface area contributed by atoms with Gasteiger partial charge in [0.25, 0.3) is 0 Å². The highest BCUT2D eigenvalue weighted by molar-refractivity contribution is 14.0. The molecule has 2 unspecified atom stereocenters. The molecule has 0 amide bonds. The van der Waals surface area contributed by atoms with E-state index in [-0.39, 0.29) is 41.7 Å². The van der Waals surface area contributed by atoms with Crippen molar-refractivity contribution in [3.8, 4) is 12.3 Å². The summed E-state index contributed by atoms with van der Waals surface area (Å²) >= 11 is 0. The molecule has 1 aliphatic heterocycles. The highest BCUT2D eigenvalue weighted by Crippen LogP contribution is 2.21. The minimum Gasteiger partial charge on any atom is -0.373 e. The van der Waals surface area contributed by atoms with E-state index in [1.165, 1.54) is 0 Å². The maximum Gasteiger partial charge on any atom is 0.192 e. The number of nitrogens with zero attached hydrogens (tertiary/aromatic N) is 2. The fourth-order valence-corrected chi connectivity index (χ4v) is 2.52. The maximum atomic E-state index is 5.80. The zero-order chi connectivity index (χ0) is 15.9. The van der Waals surface area contributed by atoms with E-state index in [0.717, 1.165) is 25.6 Å². The monoisotopic (exact) mass is 422 g/mol. The summed E-state index contributed by atoms with van der Waals surface area (Å²) in [6.07, 6.45) is 5.82. The van der Waals surface area contributed by atoms with Gasteiger partial charge in [0, 0.05) is 25.2 Å². The Balaban J connectivity index is 0.00000441. The fourth-order valence-electron chi connectivity index (χ4n) is 2.52. The number of rotatable bonds is 5. The van der Waals surface area contributed by atoms with Crippen molar-refractivity contribution >= 4 is 29.9 Å². The van der Waals surface area contributed by atoms with Crippen LogP contribution in [0.3, 0.4) is 0 Å². The van der Waals surface area contributed by atoms with Crippen LogP contribution in [0.15, 0.2) is 4.99 Å². The molecular weight excluding hydrogens is 391 g/mol. The average Bonchev–Trinajstić information content (AvgIpc) is 2.41. The van der Waals surface area contributed by atoms with Crippen molar-refractivity contribution in [2.24, 2.45) is 4.99 Å². The van der Waals surface area contributed by atoms with Crippen LogP contribution in [0.25, 0.3) is 0 Å². The van der Waals surface area contributed by atoms with Gasteiger partial charge >= 0.3 is 0 Å². The Morgan fingerprint density at radius 1 is 1.32 bits per heavy atom. The van der Waals surface area contributed by atoms with Gasteiger partial charge in [0.2, 0.25) is 0 Å². The molecule has 1 saturated heterocycles. The van der Waals surface area contributed by atoms with E-state index >= 15 is 0 Å². The van der Waals surface area contributed by atoms with Gasteiger partial charge in [-0.2, -0.15) is 0 Å². The van der Waals surface area contributed by atoms with Gasteiger partial charge in [0.1, 0.15) is 0 Å². The number of guanidine groups is 1. The second-order valence-electron chi connectivity index (χ2n) is 6.23. The van der Waals surface area contributed by atoms with Gasteiger partial charge in [-0.15, -0.1) is 30.4 Å². The minimum atomic E-state index is -0.00913. The third-order valence-electron chi connectivity index (χ3n) is 3.60. The lowest BCUT2D eigenvalue weighted by Crippen LogP contribution is -2.56. The molecular formula is C16H31IN4O. The van der Waals surface area contributed by atoms with E-state index in [9.17, 15) is 0 Å². The largest absolute Gasteiger partial charge is 0.373 e. The molecule has 1 aliphatic rings. The third kappa shape index (κ3) is 7.16. The summed E-state index contributed by atoms with van der Waals surface area (Å²) in [5.74, 6) is 3.35. The second-order valence-corrected chi connectivity index (χ2v) is 6.23. The number of halogens is 1. The second kappa shape index (κ2) is 10.3. The number of terminal acetylenes is 1. The molecule has 0 aromatic heterocycles. The smallest absolute Gasteiger partial charge is 0.192 e. The Morgan fingerprint density at radius 2 is 1.91 bits per heavy atom. The lowest BCUT2D eigenvalue weighted by molar-refractivity contribution is -0.0939. The molecule has 1 heterocycles. The van der Waals surface area contributed by atoms with Crippen LogP contribution in [0.5, 0.6) is 0 Å². The molecule has 5 nitrogen and oxygen atoms in total. The molecule has 1 fully saturated rings. The Morgan fingerprint density at radius 3 is 2.41 bits per heavy atom. The standard InChI is InChI=1S/C16H30N4O.HI/c1-7-9-18-15(17-8-2)19-12-16(5,6)20-10-13(3)21-14(4)11-20;/h1,13-14H,8-12H2,2-6H3,(H2,17,18,19);1H. The highest BCUT2D eigenvalue weighted by Gasteiger charge is 2.33. The van der Waals surface area contributed by atoms with Crippen LogP contribution in [-0.2, 0) is 4.74 Å². The quantitative estimate of drug-likeness (QED) is 0.307. The van der Waals surface area contributed by atoms with Gasteiger partial charge in [-0.3, -0.25) is 9.89 Å². The van der Waals surface area contributed by atoms with Crippen molar-refractivity contribution in [1.82, 2.24) is 15.5 Å². The number of morpholine rings is 1. The molecule has 6 heteroatoms. The zero-order valence-corrected chi connectivity index (χ0v) is 16.8. The van der Waals surface area contributed by atoms with Crippen LogP contribution in [-0.4, -0.2) is 61.3 Å². The molecule has 0 aromatic carbocycles. The van der Waals surface area contributed by atoms with Crippen LogP contribution in [0.4, 0.5) is 0 Å². The average molecular weight is 422 g/mol. The molecule has 0 spiro atoms. The molecule has 2 atom stereocenters. The van der Waals surface area contributed by atoms with Gasteiger partial charge in [-0.1, -0.05) is 5.92 Å². The van der Waals surface area contributed by atoms with E-state index in [1.807, 2.05) is 6.92 Å². The Hall–Kier alpha value is -0.520. The van der Waals surface area contributed by atoms with Crippen molar-refractivity contribution in [3.05, 3.63) is 0 Å². The number of nitrogens with one attached hydrogen (secondary N) is 2. The van der Waals surface area contributed by atoms with Crippen molar-refractivity contribution in [2.75, 3.05) is 32.7 Å². The van der Waals surface area contributed by atoms with Crippen LogP contribution >= 0.6 is 24.0 Å². The summed E-state index contributed by atoms with van der Waals surface area (Å²) in [7, 11) is 0. The first-order chi connectivity index (χ1) is 9.89.